The molecular formula is C9H11ClF3N3O. The molecular weight excluding hydrogens is 259 g/mol. The molecule has 1 amide bonds. The molecule has 0 atom stereocenters. The normalized spacial score (nSPS) is 11.6. The number of rotatable bonds is 4. The SMILES string of the molecule is Cc1cc(C(F)(F)F)nn1CCNC(=O)CCl. The summed E-state index contributed by atoms with van der Waals surface area (Å²) in [4.78, 5) is 10.8. The number of amides is 1. The lowest BCUT2D eigenvalue weighted by molar-refractivity contribution is -0.141. The number of aromatic nitrogens is 2. The van der Waals surface area contributed by atoms with Crippen LogP contribution in [-0.2, 0) is 17.5 Å². The Morgan fingerprint density at radius 1 is 1.59 bits per heavy atom. The Hall–Kier alpha value is -1.24. The fourth-order valence-electron chi connectivity index (χ4n) is 1.22. The number of hydrogen-bond donors (Lipinski definition) is 1. The van der Waals surface area contributed by atoms with Gasteiger partial charge in [0.15, 0.2) is 5.69 Å². The number of aryl methyl sites for hydroxylation is 1. The molecule has 0 aromatic carbocycles. The van der Waals surface area contributed by atoms with Crippen molar-refractivity contribution in [3.8, 4) is 0 Å². The van der Waals surface area contributed by atoms with Gasteiger partial charge in [0.1, 0.15) is 5.88 Å². The molecule has 1 heterocycles. The number of nitrogens with one attached hydrogen (secondary N) is 1. The molecule has 0 aliphatic rings. The highest BCUT2D eigenvalue weighted by Gasteiger charge is 2.34. The van der Waals surface area contributed by atoms with Crippen LogP contribution in [0, 0.1) is 6.92 Å². The minimum Gasteiger partial charge on any atom is -0.353 e. The van der Waals surface area contributed by atoms with E-state index in [0.717, 1.165) is 6.07 Å². The molecule has 0 aliphatic carbocycles. The Morgan fingerprint density at radius 2 is 2.24 bits per heavy atom. The van der Waals surface area contributed by atoms with Crippen molar-refractivity contribution < 1.29 is 18.0 Å². The minimum absolute atomic E-state index is 0.171. The van der Waals surface area contributed by atoms with E-state index in [1.54, 1.807) is 0 Å². The fourth-order valence-corrected chi connectivity index (χ4v) is 1.32. The van der Waals surface area contributed by atoms with Gasteiger partial charge in [-0.15, -0.1) is 11.6 Å². The maximum atomic E-state index is 12.3. The first-order valence-corrected chi connectivity index (χ1v) is 5.32. The lowest BCUT2D eigenvalue weighted by Gasteiger charge is -2.05. The predicted octanol–water partition coefficient (Wildman–Crippen LogP) is 1.57. The Morgan fingerprint density at radius 3 is 2.71 bits per heavy atom. The van der Waals surface area contributed by atoms with Crippen molar-refractivity contribution in [3.63, 3.8) is 0 Å². The van der Waals surface area contributed by atoms with Gasteiger partial charge in [-0.1, -0.05) is 0 Å². The monoisotopic (exact) mass is 269 g/mol. The number of carbonyl (C=O) groups excluding carboxylic acids is 1. The highest BCUT2D eigenvalue weighted by molar-refractivity contribution is 6.27. The minimum atomic E-state index is -4.45. The van der Waals surface area contributed by atoms with Crippen LogP contribution in [0.4, 0.5) is 13.2 Å². The van der Waals surface area contributed by atoms with Crippen LogP contribution < -0.4 is 5.32 Å². The summed E-state index contributed by atoms with van der Waals surface area (Å²) in [5, 5.41) is 5.85. The van der Waals surface area contributed by atoms with Gasteiger partial charge in [-0.25, -0.2) is 0 Å². The van der Waals surface area contributed by atoms with Gasteiger partial charge in [0, 0.05) is 12.2 Å². The van der Waals surface area contributed by atoms with E-state index in [-0.39, 0.29) is 24.9 Å². The van der Waals surface area contributed by atoms with Crippen LogP contribution in [0.15, 0.2) is 6.07 Å². The Bertz CT molecular complexity index is 403. The van der Waals surface area contributed by atoms with Crippen LogP contribution in [0.5, 0.6) is 0 Å². The van der Waals surface area contributed by atoms with Crippen molar-refractivity contribution in [2.75, 3.05) is 12.4 Å². The Labute approximate surface area is 101 Å². The highest BCUT2D eigenvalue weighted by atomic mass is 35.5. The average molecular weight is 270 g/mol. The molecule has 4 nitrogen and oxygen atoms in total. The summed E-state index contributed by atoms with van der Waals surface area (Å²) in [5.41, 5.74) is -0.545. The molecule has 0 saturated carbocycles. The smallest absolute Gasteiger partial charge is 0.353 e. The zero-order valence-electron chi connectivity index (χ0n) is 9.01. The van der Waals surface area contributed by atoms with Crippen molar-refractivity contribution >= 4 is 17.5 Å². The van der Waals surface area contributed by atoms with Gasteiger partial charge >= 0.3 is 6.18 Å². The van der Waals surface area contributed by atoms with Crippen molar-refractivity contribution in [3.05, 3.63) is 17.5 Å². The first-order valence-electron chi connectivity index (χ1n) is 4.79. The number of nitrogens with zero attached hydrogens (tertiary/aromatic N) is 2. The summed E-state index contributed by atoms with van der Waals surface area (Å²) in [6, 6.07) is 0.962. The second-order valence-corrected chi connectivity index (χ2v) is 3.64. The maximum Gasteiger partial charge on any atom is 0.435 e. The van der Waals surface area contributed by atoms with Crippen LogP contribution in [0.3, 0.4) is 0 Å². The quantitative estimate of drug-likeness (QED) is 0.844. The first kappa shape index (κ1) is 13.8. The van der Waals surface area contributed by atoms with E-state index >= 15 is 0 Å². The molecule has 0 radical (unpaired) electrons. The van der Waals surface area contributed by atoms with Crippen molar-refractivity contribution in [1.82, 2.24) is 15.1 Å². The van der Waals surface area contributed by atoms with Crippen LogP contribution >= 0.6 is 11.6 Å². The van der Waals surface area contributed by atoms with E-state index in [0.29, 0.717) is 5.69 Å². The van der Waals surface area contributed by atoms with E-state index in [1.807, 2.05) is 0 Å². The summed E-state index contributed by atoms with van der Waals surface area (Å²) < 4.78 is 38.2. The first-order chi connectivity index (χ1) is 7.84. The molecule has 0 fully saturated rings. The Kier molecular flexibility index (Phi) is 4.39. The molecule has 0 saturated heterocycles. The molecule has 8 heteroatoms. The summed E-state index contributed by atoms with van der Waals surface area (Å²) in [6.07, 6.45) is -4.45. The predicted molar refractivity (Wildman–Crippen MR) is 55.7 cm³/mol. The third-order valence-corrected chi connectivity index (χ3v) is 2.28. The number of hydrogen-bond acceptors (Lipinski definition) is 2. The van der Waals surface area contributed by atoms with E-state index < -0.39 is 11.9 Å². The maximum absolute atomic E-state index is 12.3. The van der Waals surface area contributed by atoms with E-state index in [2.05, 4.69) is 10.4 Å². The molecule has 1 N–H and O–H groups in total. The van der Waals surface area contributed by atoms with Crippen molar-refractivity contribution in [2.24, 2.45) is 0 Å². The molecule has 96 valence electrons. The van der Waals surface area contributed by atoms with Crippen LogP contribution in [0.25, 0.3) is 0 Å². The summed E-state index contributed by atoms with van der Waals surface area (Å²) in [5.74, 6) is -0.543. The standard InChI is InChI=1S/C9H11ClF3N3O/c1-6-4-7(9(11,12)13)15-16(6)3-2-14-8(17)5-10/h4H,2-3,5H2,1H3,(H,14,17). The fraction of sp³-hybridized carbons (Fsp3) is 0.556. The lowest BCUT2D eigenvalue weighted by Crippen LogP contribution is -2.28. The molecule has 1 aromatic heterocycles. The number of carbonyl (C=O) groups is 1. The van der Waals surface area contributed by atoms with E-state index in [9.17, 15) is 18.0 Å². The van der Waals surface area contributed by atoms with Gasteiger partial charge in [-0.05, 0) is 13.0 Å². The largest absolute Gasteiger partial charge is 0.435 e. The summed E-state index contributed by atoms with van der Waals surface area (Å²) in [7, 11) is 0. The molecule has 0 unspecified atom stereocenters. The van der Waals surface area contributed by atoms with E-state index in [4.69, 9.17) is 11.6 Å². The number of halogens is 4. The Balaban J connectivity index is 2.60. The topological polar surface area (TPSA) is 46.9 Å². The third-order valence-electron chi connectivity index (χ3n) is 2.04. The molecule has 0 aliphatic heterocycles. The van der Waals surface area contributed by atoms with E-state index in [1.165, 1.54) is 11.6 Å². The van der Waals surface area contributed by atoms with Crippen LogP contribution in [-0.4, -0.2) is 28.1 Å². The second kappa shape index (κ2) is 5.39. The zero-order chi connectivity index (χ0) is 13.1. The van der Waals surface area contributed by atoms with Gasteiger partial charge in [0.25, 0.3) is 0 Å². The molecule has 0 spiro atoms. The van der Waals surface area contributed by atoms with Crippen molar-refractivity contribution in [2.45, 2.75) is 19.6 Å². The summed E-state index contributed by atoms with van der Waals surface area (Å²) >= 11 is 5.25. The molecule has 0 bridgehead atoms. The average Bonchev–Trinajstić information content (AvgIpc) is 2.60. The zero-order valence-corrected chi connectivity index (χ0v) is 9.77. The second-order valence-electron chi connectivity index (χ2n) is 3.38. The summed E-state index contributed by atoms with van der Waals surface area (Å²) in [6.45, 7) is 1.88. The third kappa shape index (κ3) is 3.92. The molecule has 17 heavy (non-hydrogen) atoms. The van der Waals surface area contributed by atoms with Gasteiger partial charge in [0.05, 0.1) is 6.54 Å². The lowest BCUT2D eigenvalue weighted by atomic mass is 10.3. The van der Waals surface area contributed by atoms with Crippen molar-refractivity contribution in [1.29, 1.82) is 0 Å². The highest BCUT2D eigenvalue weighted by Crippen LogP contribution is 2.28. The number of alkyl halides is 4. The van der Waals surface area contributed by atoms with Gasteiger partial charge in [0.2, 0.25) is 5.91 Å². The van der Waals surface area contributed by atoms with Gasteiger partial charge < -0.3 is 5.32 Å². The molecule has 1 aromatic rings. The van der Waals surface area contributed by atoms with Crippen LogP contribution in [0.2, 0.25) is 0 Å². The van der Waals surface area contributed by atoms with Crippen LogP contribution in [0.1, 0.15) is 11.4 Å². The van der Waals surface area contributed by atoms with Gasteiger partial charge in [-0.2, -0.15) is 18.3 Å². The molecule has 1 rings (SSSR count). The van der Waals surface area contributed by atoms with Gasteiger partial charge in [-0.3, -0.25) is 9.48 Å².